The number of sulfone groups is 1. The van der Waals surface area contributed by atoms with Crippen LogP contribution < -0.4 is 9.64 Å². The first-order chi connectivity index (χ1) is 14.7. The van der Waals surface area contributed by atoms with Crippen molar-refractivity contribution in [3.63, 3.8) is 0 Å². The van der Waals surface area contributed by atoms with Crippen molar-refractivity contribution >= 4 is 15.8 Å². The molecule has 1 aromatic carbocycles. The van der Waals surface area contributed by atoms with Crippen LogP contribution in [0.4, 0.5) is 10.3 Å². The van der Waals surface area contributed by atoms with E-state index in [0.717, 1.165) is 56.7 Å². The van der Waals surface area contributed by atoms with E-state index in [1.165, 1.54) is 12.1 Å². The third kappa shape index (κ3) is 6.87. The van der Waals surface area contributed by atoms with E-state index in [2.05, 4.69) is 33.7 Å². The Labute approximate surface area is 184 Å². The fourth-order valence-electron chi connectivity index (χ4n) is 3.71. The Bertz CT molecular complexity index is 961. The number of likely N-dealkylation sites (N-methyl/N-ethyl adjacent to an activating group) is 1. The molecule has 2 aromatic rings. The molecule has 1 aromatic heterocycles. The van der Waals surface area contributed by atoms with E-state index >= 15 is 0 Å². The molecule has 0 N–H and O–H groups in total. The monoisotopic (exact) mass is 450 g/mol. The molecule has 31 heavy (non-hydrogen) atoms. The molecule has 0 amide bonds. The first kappa shape index (κ1) is 23.4. The molecule has 170 valence electrons. The molecule has 7 nitrogen and oxygen atoms in total. The number of anilines is 1. The highest BCUT2D eigenvalue weighted by Gasteiger charge is 2.23. The lowest BCUT2D eigenvalue weighted by Gasteiger charge is -2.36. The number of benzene rings is 1. The number of ether oxygens (including phenoxy) is 1. The van der Waals surface area contributed by atoms with Crippen molar-refractivity contribution in [1.29, 1.82) is 0 Å². The zero-order valence-electron chi connectivity index (χ0n) is 18.4. The molecule has 3 rings (SSSR count). The van der Waals surface area contributed by atoms with Crippen LogP contribution in [0.5, 0.6) is 5.75 Å². The number of rotatable bonds is 9. The Morgan fingerprint density at radius 3 is 2.48 bits per heavy atom. The molecule has 1 aliphatic rings. The smallest absolute Gasteiger partial charge is 0.225 e. The van der Waals surface area contributed by atoms with Gasteiger partial charge in [-0.1, -0.05) is 13.0 Å². The quantitative estimate of drug-likeness (QED) is 0.581. The molecule has 2 heterocycles. The molecule has 0 aliphatic carbocycles. The van der Waals surface area contributed by atoms with Crippen molar-refractivity contribution in [1.82, 2.24) is 14.9 Å². The van der Waals surface area contributed by atoms with Crippen molar-refractivity contribution in [2.24, 2.45) is 0 Å². The van der Waals surface area contributed by atoms with E-state index in [-0.39, 0.29) is 11.3 Å². The minimum Gasteiger partial charge on any atom is -0.492 e. The summed E-state index contributed by atoms with van der Waals surface area (Å²) in [4.78, 5) is 13.4. The number of hydrogen-bond acceptors (Lipinski definition) is 7. The third-order valence-corrected chi connectivity index (χ3v) is 6.46. The molecular formula is C22H31FN4O3S. The lowest BCUT2D eigenvalue weighted by molar-refractivity contribution is 0.170. The highest BCUT2D eigenvalue weighted by molar-refractivity contribution is 7.89. The van der Waals surface area contributed by atoms with Gasteiger partial charge in [0.25, 0.3) is 0 Å². The second-order valence-corrected chi connectivity index (χ2v) is 10.3. The van der Waals surface area contributed by atoms with Crippen LogP contribution in [-0.4, -0.2) is 68.9 Å². The Morgan fingerprint density at radius 2 is 1.90 bits per heavy atom. The van der Waals surface area contributed by atoms with Gasteiger partial charge in [0.2, 0.25) is 5.95 Å². The second kappa shape index (κ2) is 10.4. The Kier molecular flexibility index (Phi) is 7.83. The topological polar surface area (TPSA) is 75.6 Å². The summed E-state index contributed by atoms with van der Waals surface area (Å²) in [5, 5.41) is 0. The SMILES string of the molecule is CCc1cnc(N2CCC(N(C)CCOc3ccc(CS(C)(=O)=O)c(F)c3)CC2)nc1. The molecule has 0 radical (unpaired) electrons. The Hall–Kier alpha value is -2.26. The molecule has 0 unspecified atom stereocenters. The fourth-order valence-corrected chi connectivity index (χ4v) is 4.51. The number of halogens is 1. The molecule has 1 saturated heterocycles. The third-order valence-electron chi connectivity index (χ3n) is 5.63. The van der Waals surface area contributed by atoms with Crippen molar-refractivity contribution in [2.45, 2.75) is 38.0 Å². The zero-order chi connectivity index (χ0) is 22.4. The zero-order valence-corrected chi connectivity index (χ0v) is 19.2. The van der Waals surface area contributed by atoms with Gasteiger partial charge in [-0.05, 0) is 37.9 Å². The van der Waals surface area contributed by atoms with E-state index in [4.69, 9.17) is 4.74 Å². The van der Waals surface area contributed by atoms with Crippen molar-refractivity contribution < 1.29 is 17.5 Å². The summed E-state index contributed by atoms with van der Waals surface area (Å²) in [6.07, 6.45) is 7.86. The van der Waals surface area contributed by atoms with Crippen LogP contribution in [0, 0.1) is 5.82 Å². The van der Waals surface area contributed by atoms with Crippen LogP contribution in [0.2, 0.25) is 0 Å². The van der Waals surface area contributed by atoms with Gasteiger partial charge >= 0.3 is 0 Å². The van der Waals surface area contributed by atoms with Crippen molar-refractivity contribution in [2.75, 3.05) is 44.4 Å². The van der Waals surface area contributed by atoms with E-state index in [0.29, 0.717) is 18.4 Å². The summed E-state index contributed by atoms with van der Waals surface area (Å²) >= 11 is 0. The maximum atomic E-state index is 14.1. The molecule has 0 bridgehead atoms. The summed E-state index contributed by atoms with van der Waals surface area (Å²) in [6.45, 7) is 5.07. The van der Waals surface area contributed by atoms with Crippen LogP contribution in [-0.2, 0) is 22.0 Å². The van der Waals surface area contributed by atoms with Gasteiger partial charge < -0.3 is 9.64 Å². The normalized spacial score (nSPS) is 15.5. The van der Waals surface area contributed by atoms with Gasteiger partial charge in [-0.2, -0.15) is 0 Å². The maximum absolute atomic E-state index is 14.1. The second-order valence-electron chi connectivity index (χ2n) is 8.12. The lowest BCUT2D eigenvalue weighted by Crippen LogP contribution is -2.45. The molecule has 0 saturated carbocycles. The molecule has 0 spiro atoms. The van der Waals surface area contributed by atoms with Gasteiger partial charge in [0, 0.05) is 56.0 Å². The summed E-state index contributed by atoms with van der Waals surface area (Å²) in [5.41, 5.74) is 1.30. The Morgan fingerprint density at radius 1 is 1.23 bits per heavy atom. The summed E-state index contributed by atoms with van der Waals surface area (Å²) in [7, 11) is -1.20. The largest absolute Gasteiger partial charge is 0.492 e. The van der Waals surface area contributed by atoms with E-state index < -0.39 is 15.7 Å². The average Bonchev–Trinajstić information content (AvgIpc) is 2.75. The maximum Gasteiger partial charge on any atom is 0.225 e. The summed E-state index contributed by atoms with van der Waals surface area (Å²) < 4.78 is 42.5. The fraction of sp³-hybridized carbons (Fsp3) is 0.545. The van der Waals surface area contributed by atoms with Crippen LogP contribution in [0.1, 0.15) is 30.9 Å². The number of aryl methyl sites for hydroxylation is 1. The first-order valence-corrected chi connectivity index (χ1v) is 12.7. The van der Waals surface area contributed by atoms with Gasteiger partial charge in [0.15, 0.2) is 9.84 Å². The average molecular weight is 451 g/mol. The van der Waals surface area contributed by atoms with Gasteiger partial charge in [-0.3, -0.25) is 4.90 Å². The first-order valence-electron chi connectivity index (χ1n) is 10.6. The summed E-state index contributed by atoms with van der Waals surface area (Å²) in [5.74, 6) is 0.334. The predicted molar refractivity (Wildman–Crippen MR) is 120 cm³/mol. The molecule has 1 fully saturated rings. The van der Waals surface area contributed by atoms with E-state index in [1.807, 2.05) is 12.4 Å². The van der Waals surface area contributed by atoms with Gasteiger partial charge in [0.1, 0.15) is 18.2 Å². The molecule has 9 heteroatoms. The number of nitrogens with zero attached hydrogens (tertiary/aromatic N) is 4. The highest BCUT2D eigenvalue weighted by atomic mass is 32.2. The standard InChI is InChI=1S/C22H31FN4O3S/c1-4-17-14-24-22(25-15-17)27-9-7-19(8-10-27)26(2)11-12-30-20-6-5-18(21(23)13-20)16-31(3,28)29/h5-6,13-15,19H,4,7-12,16H2,1-3H3. The minimum absolute atomic E-state index is 0.159. The number of piperidine rings is 1. The van der Waals surface area contributed by atoms with E-state index in [1.54, 1.807) is 6.07 Å². The van der Waals surface area contributed by atoms with Crippen molar-refractivity contribution in [3.8, 4) is 5.75 Å². The highest BCUT2D eigenvalue weighted by Crippen LogP contribution is 2.21. The number of aromatic nitrogens is 2. The van der Waals surface area contributed by atoms with E-state index in [9.17, 15) is 12.8 Å². The van der Waals surface area contributed by atoms with Gasteiger partial charge in [-0.15, -0.1) is 0 Å². The summed E-state index contributed by atoms with van der Waals surface area (Å²) in [6, 6.07) is 4.79. The molecule has 1 aliphatic heterocycles. The predicted octanol–water partition coefficient (Wildman–Crippen LogP) is 2.70. The van der Waals surface area contributed by atoms with Crippen LogP contribution in [0.25, 0.3) is 0 Å². The van der Waals surface area contributed by atoms with Crippen molar-refractivity contribution in [3.05, 3.63) is 47.5 Å². The number of hydrogen-bond donors (Lipinski definition) is 0. The van der Waals surface area contributed by atoms with Crippen LogP contribution in [0.3, 0.4) is 0 Å². The van der Waals surface area contributed by atoms with Gasteiger partial charge in [-0.25, -0.2) is 22.8 Å². The minimum atomic E-state index is -3.28. The molecular weight excluding hydrogens is 419 g/mol. The molecule has 0 atom stereocenters. The Balaban J connectivity index is 1.43. The van der Waals surface area contributed by atoms with Crippen LogP contribution >= 0.6 is 0 Å². The van der Waals surface area contributed by atoms with Gasteiger partial charge in [0.05, 0.1) is 5.75 Å². The van der Waals surface area contributed by atoms with Crippen LogP contribution in [0.15, 0.2) is 30.6 Å². The lowest BCUT2D eigenvalue weighted by atomic mass is 10.0.